The molecule has 7 nitrogen and oxygen atoms in total. The number of ether oxygens (including phenoxy) is 3. The van der Waals surface area contributed by atoms with Gasteiger partial charge in [0, 0.05) is 17.6 Å². The van der Waals surface area contributed by atoms with Crippen LogP contribution >= 0.6 is 0 Å². The summed E-state index contributed by atoms with van der Waals surface area (Å²) in [6.07, 6.45) is -12.8. The number of alkyl halides is 6. The maximum Gasteiger partial charge on any atom is 0.416 e. The molecule has 1 aromatic carbocycles. The van der Waals surface area contributed by atoms with E-state index in [1.54, 1.807) is 6.92 Å². The number of fused-ring (bicyclic) bond motifs is 1. The molecule has 41 heavy (non-hydrogen) atoms. The monoisotopic (exact) mass is 586 g/mol. The van der Waals surface area contributed by atoms with Crippen molar-refractivity contribution >= 4 is 23.7 Å². The maximum atomic E-state index is 13.4. The van der Waals surface area contributed by atoms with Crippen molar-refractivity contribution in [3.05, 3.63) is 82.5 Å². The molecule has 0 N–H and O–H groups in total. The van der Waals surface area contributed by atoms with Gasteiger partial charge >= 0.3 is 30.3 Å². The van der Waals surface area contributed by atoms with Crippen LogP contribution < -0.4 is 0 Å². The number of ketones is 1. The summed E-state index contributed by atoms with van der Waals surface area (Å²) in [5, 5.41) is 0. The minimum absolute atomic E-state index is 0.00345. The zero-order valence-corrected chi connectivity index (χ0v) is 21.9. The predicted octanol–water partition coefficient (Wildman–Crippen LogP) is 5.70. The van der Waals surface area contributed by atoms with Crippen molar-refractivity contribution in [3.8, 4) is 0 Å². The lowest BCUT2D eigenvalue weighted by Crippen LogP contribution is -2.43. The zero-order valence-electron chi connectivity index (χ0n) is 21.9. The van der Waals surface area contributed by atoms with Gasteiger partial charge < -0.3 is 14.2 Å². The zero-order chi connectivity index (χ0) is 31.0. The van der Waals surface area contributed by atoms with Crippen LogP contribution in [0, 0.1) is 5.92 Å². The van der Waals surface area contributed by atoms with Crippen molar-refractivity contribution in [1.82, 2.24) is 0 Å². The van der Waals surface area contributed by atoms with Gasteiger partial charge in [-0.25, -0.2) is 14.4 Å². The highest BCUT2D eigenvalue weighted by molar-refractivity contribution is 6.00. The standard InChI is InChI=1S/C28H24F6O7/c1-12(2)24(36)39-20-7-13(3)6-19(35)8-14(4)22(23-21(20)15(5)25(37)41-23)40-26(38)16-9-17(27(29,30)31)11-18(10-16)28(32,33)34/h6,8-11,20-23H,1,5,7H2,2-4H3/b13-6+,14-8-/t20-,21?,22+,23-/m0/s1. The third-order valence-corrected chi connectivity index (χ3v) is 6.36. The molecule has 1 aliphatic heterocycles. The normalized spacial score (nSPS) is 26.1. The number of esters is 3. The molecule has 0 aromatic heterocycles. The van der Waals surface area contributed by atoms with E-state index in [4.69, 9.17) is 14.2 Å². The van der Waals surface area contributed by atoms with Crippen LogP contribution in [0.2, 0.25) is 0 Å². The van der Waals surface area contributed by atoms with Gasteiger partial charge in [0.2, 0.25) is 0 Å². The first-order chi connectivity index (χ1) is 18.8. The van der Waals surface area contributed by atoms with E-state index < -0.39 is 77.0 Å². The number of hydrogen-bond acceptors (Lipinski definition) is 7. The highest BCUT2D eigenvalue weighted by Crippen LogP contribution is 2.40. The molecule has 1 saturated heterocycles. The van der Waals surface area contributed by atoms with Crippen molar-refractivity contribution < 1.29 is 59.7 Å². The summed E-state index contributed by atoms with van der Waals surface area (Å²) in [6, 6.07) is 0.212. The van der Waals surface area contributed by atoms with Crippen molar-refractivity contribution in [2.24, 2.45) is 5.92 Å². The number of hydrogen-bond donors (Lipinski definition) is 0. The predicted molar refractivity (Wildman–Crippen MR) is 130 cm³/mol. The minimum Gasteiger partial charge on any atom is -0.458 e. The van der Waals surface area contributed by atoms with E-state index in [2.05, 4.69) is 13.2 Å². The molecule has 13 heteroatoms. The summed E-state index contributed by atoms with van der Waals surface area (Å²) in [6.45, 7) is 11.4. The molecule has 0 bridgehead atoms. The van der Waals surface area contributed by atoms with E-state index in [9.17, 15) is 45.5 Å². The van der Waals surface area contributed by atoms with Gasteiger partial charge in [0.15, 0.2) is 18.0 Å². The average Bonchev–Trinajstić information content (AvgIpc) is 3.13. The fourth-order valence-corrected chi connectivity index (χ4v) is 4.42. The Hall–Kier alpha value is -4.16. The van der Waals surface area contributed by atoms with Crippen LogP contribution in [-0.4, -0.2) is 42.0 Å². The quantitative estimate of drug-likeness (QED) is 0.193. The number of rotatable bonds is 4. The Kier molecular flexibility index (Phi) is 8.70. The third kappa shape index (κ3) is 7.14. The first kappa shape index (κ1) is 31.4. The molecule has 0 saturated carbocycles. The van der Waals surface area contributed by atoms with E-state index in [1.807, 2.05) is 0 Å². The van der Waals surface area contributed by atoms with Gasteiger partial charge in [0.05, 0.1) is 22.6 Å². The SMILES string of the molecule is C=C(C)C(=O)O[C@H]1C/C(C)=C/C(=O)/C=C(/C)[C@@H](OC(=O)c2cc(C(F)(F)F)cc(C(F)(F)F)c2)[C@H]2OC(=O)C(=C)C12. The summed E-state index contributed by atoms with van der Waals surface area (Å²) < 4.78 is 96.4. The second kappa shape index (κ2) is 11.4. The van der Waals surface area contributed by atoms with Crippen LogP contribution in [0.5, 0.6) is 0 Å². The molecular formula is C28H24F6O7. The summed E-state index contributed by atoms with van der Waals surface area (Å²) in [7, 11) is 0. The van der Waals surface area contributed by atoms with Gasteiger partial charge in [-0.05, 0) is 56.7 Å². The first-order valence-corrected chi connectivity index (χ1v) is 12.0. The van der Waals surface area contributed by atoms with Crippen LogP contribution in [-0.2, 0) is 40.9 Å². The second-order valence-electron chi connectivity index (χ2n) is 9.75. The van der Waals surface area contributed by atoms with E-state index in [-0.39, 0.29) is 41.3 Å². The number of halogens is 6. The first-order valence-electron chi connectivity index (χ1n) is 12.0. The van der Waals surface area contributed by atoms with Crippen molar-refractivity contribution in [1.29, 1.82) is 0 Å². The summed E-state index contributed by atoms with van der Waals surface area (Å²) in [5.74, 6) is -5.27. The molecular weight excluding hydrogens is 562 g/mol. The van der Waals surface area contributed by atoms with Crippen LogP contribution in [0.4, 0.5) is 26.3 Å². The Morgan fingerprint density at radius 1 is 0.951 bits per heavy atom. The lowest BCUT2D eigenvalue weighted by molar-refractivity contribution is -0.151. The minimum atomic E-state index is -5.23. The number of benzene rings is 1. The van der Waals surface area contributed by atoms with Gasteiger partial charge in [-0.2, -0.15) is 26.3 Å². The number of carbonyl (C=O) groups is 4. The third-order valence-electron chi connectivity index (χ3n) is 6.36. The van der Waals surface area contributed by atoms with Gasteiger partial charge in [0.1, 0.15) is 6.10 Å². The molecule has 3 rings (SSSR count). The molecule has 2 aliphatic rings. The fraction of sp³-hybridized carbons (Fsp3) is 0.357. The smallest absolute Gasteiger partial charge is 0.416 e. The van der Waals surface area contributed by atoms with Crippen LogP contribution in [0.1, 0.15) is 48.7 Å². The Balaban J connectivity index is 2.13. The highest BCUT2D eigenvalue weighted by atomic mass is 19.4. The molecule has 220 valence electrons. The van der Waals surface area contributed by atoms with Gasteiger partial charge in [-0.15, -0.1) is 0 Å². The molecule has 0 amide bonds. The van der Waals surface area contributed by atoms with Crippen molar-refractivity contribution in [3.63, 3.8) is 0 Å². The van der Waals surface area contributed by atoms with Crippen LogP contribution in [0.3, 0.4) is 0 Å². The average molecular weight is 586 g/mol. The lowest BCUT2D eigenvalue weighted by atomic mass is 9.82. The topological polar surface area (TPSA) is 96.0 Å². The molecule has 1 aliphatic carbocycles. The lowest BCUT2D eigenvalue weighted by Gasteiger charge is -2.32. The van der Waals surface area contributed by atoms with Crippen LogP contribution in [0.25, 0.3) is 0 Å². The molecule has 1 unspecified atom stereocenters. The van der Waals surface area contributed by atoms with Crippen molar-refractivity contribution in [2.75, 3.05) is 0 Å². The molecule has 0 spiro atoms. The summed E-state index contributed by atoms with van der Waals surface area (Å²) in [5.41, 5.74) is -4.41. The summed E-state index contributed by atoms with van der Waals surface area (Å²) >= 11 is 0. The van der Waals surface area contributed by atoms with Crippen LogP contribution in [0.15, 0.2) is 65.8 Å². The van der Waals surface area contributed by atoms with Gasteiger partial charge in [0.25, 0.3) is 0 Å². The summed E-state index contributed by atoms with van der Waals surface area (Å²) in [4.78, 5) is 50.7. The van der Waals surface area contributed by atoms with Gasteiger partial charge in [-0.3, -0.25) is 4.79 Å². The van der Waals surface area contributed by atoms with E-state index >= 15 is 0 Å². The Morgan fingerprint density at radius 2 is 1.51 bits per heavy atom. The van der Waals surface area contributed by atoms with Crippen molar-refractivity contribution in [2.45, 2.75) is 57.9 Å². The molecule has 1 heterocycles. The Morgan fingerprint density at radius 3 is 2.02 bits per heavy atom. The molecule has 0 radical (unpaired) electrons. The number of allylic oxidation sites excluding steroid dienone is 2. The maximum absolute atomic E-state index is 13.4. The van der Waals surface area contributed by atoms with E-state index in [0.717, 1.165) is 6.08 Å². The van der Waals surface area contributed by atoms with E-state index in [0.29, 0.717) is 5.57 Å². The molecule has 1 fully saturated rings. The Labute approximate surface area is 230 Å². The molecule has 1 aromatic rings. The Bertz CT molecular complexity index is 1350. The second-order valence-corrected chi connectivity index (χ2v) is 9.75. The van der Waals surface area contributed by atoms with E-state index in [1.165, 1.54) is 19.9 Å². The number of carbonyl (C=O) groups excluding carboxylic acids is 4. The van der Waals surface area contributed by atoms with Gasteiger partial charge in [-0.1, -0.05) is 18.7 Å². The fourth-order valence-electron chi connectivity index (χ4n) is 4.42. The highest BCUT2D eigenvalue weighted by Gasteiger charge is 2.51. The molecule has 4 atom stereocenters. The largest absolute Gasteiger partial charge is 0.458 e.